The highest BCUT2D eigenvalue weighted by Crippen LogP contribution is 2.35. The lowest BCUT2D eigenvalue weighted by atomic mass is 10.1. The number of sulfonamides is 1. The molecule has 5 rings (SSSR count). The molecule has 0 N–H and O–H groups in total. The predicted octanol–water partition coefficient (Wildman–Crippen LogP) is 2.14. The zero-order valence-electron chi connectivity index (χ0n) is 19.0. The summed E-state index contributed by atoms with van der Waals surface area (Å²) in [5, 5.41) is 11.3. The third-order valence-electron chi connectivity index (χ3n) is 6.25. The number of rotatable bonds is 5. The van der Waals surface area contributed by atoms with E-state index in [1.165, 1.54) is 10.6 Å². The van der Waals surface area contributed by atoms with Gasteiger partial charge in [-0.05, 0) is 17.5 Å². The minimum atomic E-state index is -3.15. The lowest BCUT2D eigenvalue weighted by Crippen LogP contribution is -2.47. The topological polar surface area (TPSA) is 103 Å². The smallest absolute Gasteiger partial charge is 0.226 e. The Hall–Kier alpha value is -2.62. The first-order valence-corrected chi connectivity index (χ1v) is 13.9. The van der Waals surface area contributed by atoms with Crippen molar-refractivity contribution in [2.24, 2.45) is 0 Å². The van der Waals surface area contributed by atoms with Crippen LogP contribution >= 0.6 is 11.3 Å². The molecule has 11 heteroatoms. The predicted molar refractivity (Wildman–Crippen MR) is 132 cm³/mol. The quantitative estimate of drug-likeness (QED) is 0.527. The van der Waals surface area contributed by atoms with Crippen LogP contribution in [0.3, 0.4) is 0 Å². The summed E-state index contributed by atoms with van der Waals surface area (Å²) in [5.41, 5.74) is 4.50. The van der Waals surface area contributed by atoms with Gasteiger partial charge < -0.3 is 9.64 Å². The monoisotopic (exact) mass is 498 g/mol. The third kappa shape index (κ3) is 4.78. The fraction of sp³-hybridized carbons (Fsp3) is 0.435. The third-order valence-corrected chi connectivity index (χ3v) is 8.58. The summed E-state index contributed by atoms with van der Waals surface area (Å²) in [6, 6.07) is 9.67. The van der Waals surface area contributed by atoms with Gasteiger partial charge in [0.15, 0.2) is 0 Å². The average molecular weight is 499 g/mol. The highest BCUT2D eigenvalue weighted by atomic mass is 32.2. The van der Waals surface area contributed by atoms with E-state index in [0.717, 1.165) is 40.1 Å². The zero-order chi connectivity index (χ0) is 23.7. The van der Waals surface area contributed by atoms with Gasteiger partial charge in [0.2, 0.25) is 16.0 Å². The summed E-state index contributed by atoms with van der Waals surface area (Å²) < 4.78 is 31.8. The highest BCUT2D eigenvalue weighted by Gasteiger charge is 2.25. The second-order valence-electron chi connectivity index (χ2n) is 8.54. The first-order chi connectivity index (χ1) is 16.4. The van der Waals surface area contributed by atoms with E-state index < -0.39 is 10.0 Å². The van der Waals surface area contributed by atoms with E-state index in [1.807, 2.05) is 24.3 Å². The van der Waals surface area contributed by atoms with E-state index in [0.29, 0.717) is 57.4 Å². The second kappa shape index (κ2) is 9.56. The number of thiophene rings is 1. The van der Waals surface area contributed by atoms with Crippen LogP contribution < -0.4 is 4.90 Å². The number of piperazine rings is 1. The molecular weight excluding hydrogens is 472 g/mol. The molecule has 0 atom stereocenters. The number of nitriles is 1. The Balaban J connectivity index is 1.49. The number of nitrogens with zero attached hydrogens (tertiary/aromatic N) is 6. The number of ether oxygens (including phenoxy) is 1. The summed E-state index contributed by atoms with van der Waals surface area (Å²) in [7, 11) is -3.15. The average Bonchev–Trinajstić information content (AvgIpc) is 3.26. The largest absolute Gasteiger partial charge is 0.378 e. The fourth-order valence-electron chi connectivity index (χ4n) is 4.33. The molecule has 0 radical (unpaired) electrons. The maximum Gasteiger partial charge on any atom is 0.226 e. The van der Waals surface area contributed by atoms with Gasteiger partial charge >= 0.3 is 0 Å². The van der Waals surface area contributed by atoms with Crippen LogP contribution in [-0.2, 0) is 21.3 Å². The van der Waals surface area contributed by atoms with E-state index in [1.54, 1.807) is 11.3 Å². The number of anilines is 1. The Labute approximate surface area is 203 Å². The van der Waals surface area contributed by atoms with Crippen LogP contribution in [0.15, 0.2) is 29.6 Å². The number of aromatic nitrogens is 2. The van der Waals surface area contributed by atoms with E-state index >= 15 is 0 Å². The molecule has 3 aromatic rings. The SMILES string of the molecule is CS(=O)(=O)N1CCN(Cc2csc3c(-c4ccc(C#N)cc4)nc(N4CCOCC4)nc23)CC1. The molecule has 0 bridgehead atoms. The number of hydrogen-bond donors (Lipinski definition) is 0. The number of fused-ring (bicyclic) bond motifs is 1. The first kappa shape index (κ1) is 23.1. The van der Waals surface area contributed by atoms with Crippen molar-refractivity contribution >= 4 is 37.5 Å². The minimum Gasteiger partial charge on any atom is -0.378 e. The van der Waals surface area contributed by atoms with Gasteiger partial charge in [-0.15, -0.1) is 11.3 Å². The summed E-state index contributed by atoms with van der Waals surface area (Å²) in [6.07, 6.45) is 1.27. The van der Waals surface area contributed by atoms with E-state index in [9.17, 15) is 13.7 Å². The van der Waals surface area contributed by atoms with Gasteiger partial charge in [-0.2, -0.15) is 9.57 Å². The summed E-state index contributed by atoms with van der Waals surface area (Å²) >= 11 is 1.63. The van der Waals surface area contributed by atoms with Crippen LogP contribution in [-0.4, -0.2) is 86.3 Å². The molecule has 1 aromatic carbocycles. The summed E-state index contributed by atoms with van der Waals surface area (Å²) in [6.45, 7) is 5.88. The molecule has 34 heavy (non-hydrogen) atoms. The van der Waals surface area contributed by atoms with Gasteiger partial charge in [-0.1, -0.05) is 12.1 Å². The Morgan fingerprint density at radius 3 is 2.41 bits per heavy atom. The van der Waals surface area contributed by atoms with Crippen LogP contribution in [0.1, 0.15) is 11.1 Å². The molecule has 9 nitrogen and oxygen atoms in total. The fourth-order valence-corrected chi connectivity index (χ4v) is 6.17. The van der Waals surface area contributed by atoms with Crippen molar-refractivity contribution in [2.45, 2.75) is 6.54 Å². The van der Waals surface area contributed by atoms with Crippen molar-refractivity contribution in [1.29, 1.82) is 5.26 Å². The minimum absolute atomic E-state index is 0.505. The van der Waals surface area contributed by atoms with E-state index in [4.69, 9.17) is 14.7 Å². The Morgan fingerprint density at radius 1 is 1.06 bits per heavy atom. The van der Waals surface area contributed by atoms with Gasteiger partial charge in [0, 0.05) is 56.9 Å². The summed E-state index contributed by atoms with van der Waals surface area (Å²) in [5.74, 6) is 0.691. The molecule has 2 aromatic heterocycles. The zero-order valence-corrected chi connectivity index (χ0v) is 20.6. The maximum absolute atomic E-state index is 11.8. The van der Waals surface area contributed by atoms with Gasteiger partial charge in [0.1, 0.15) is 0 Å². The van der Waals surface area contributed by atoms with Crippen molar-refractivity contribution in [3.8, 4) is 17.3 Å². The molecule has 2 saturated heterocycles. The lowest BCUT2D eigenvalue weighted by Gasteiger charge is -2.33. The van der Waals surface area contributed by atoms with Crippen molar-refractivity contribution in [1.82, 2.24) is 19.2 Å². The molecule has 2 aliphatic heterocycles. The van der Waals surface area contributed by atoms with E-state index in [2.05, 4.69) is 21.2 Å². The lowest BCUT2D eigenvalue weighted by molar-refractivity contribution is 0.122. The highest BCUT2D eigenvalue weighted by molar-refractivity contribution is 7.88. The molecule has 0 unspecified atom stereocenters. The van der Waals surface area contributed by atoms with Gasteiger partial charge in [-0.25, -0.2) is 18.4 Å². The molecule has 0 spiro atoms. The normalized spacial score (nSPS) is 18.3. The van der Waals surface area contributed by atoms with Crippen LogP contribution in [0.25, 0.3) is 21.5 Å². The Bertz CT molecular complexity index is 1320. The summed E-state index contributed by atoms with van der Waals surface area (Å²) in [4.78, 5) is 14.4. The van der Waals surface area contributed by atoms with Gasteiger partial charge in [0.05, 0.1) is 47.0 Å². The number of benzene rings is 1. The molecular formula is C23H26N6O3S2. The first-order valence-electron chi connectivity index (χ1n) is 11.2. The molecule has 178 valence electrons. The standard InChI is InChI=1S/C23H26N6O3S2/c1-34(30,31)29-8-6-27(7-9-29)15-19-16-33-22-20(18-4-2-17(14-24)3-5-18)25-23(26-21(19)22)28-10-12-32-13-11-28/h2-5,16H,6-13,15H2,1H3. The van der Waals surface area contributed by atoms with Crippen LogP contribution in [0.4, 0.5) is 5.95 Å². The molecule has 0 saturated carbocycles. The van der Waals surface area contributed by atoms with Crippen LogP contribution in [0.5, 0.6) is 0 Å². The van der Waals surface area contributed by atoms with Crippen molar-refractivity contribution in [3.05, 3.63) is 40.8 Å². The van der Waals surface area contributed by atoms with Gasteiger partial charge in [-0.3, -0.25) is 4.90 Å². The molecule has 0 amide bonds. The Morgan fingerprint density at radius 2 is 1.76 bits per heavy atom. The molecule has 2 aliphatic rings. The number of hydrogen-bond acceptors (Lipinski definition) is 9. The molecule has 0 aliphatic carbocycles. The Kier molecular flexibility index (Phi) is 6.50. The van der Waals surface area contributed by atoms with Crippen LogP contribution in [0.2, 0.25) is 0 Å². The molecule has 2 fully saturated rings. The van der Waals surface area contributed by atoms with Gasteiger partial charge in [0.25, 0.3) is 0 Å². The van der Waals surface area contributed by atoms with Crippen molar-refractivity contribution < 1.29 is 13.2 Å². The van der Waals surface area contributed by atoms with Crippen LogP contribution in [0, 0.1) is 11.3 Å². The number of morpholine rings is 1. The van der Waals surface area contributed by atoms with Crippen molar-refractivity contribution in [2.75, 3.05) is 63.6 Å². The maximum atomic E-state index is 11.8. The van der Waals surface area contributed by atoms with Crippen molar-refractivity contribution in [3.63, 3.8) is 0 Å². The second-order valence-corrected chi connectivity index (χ2v) is 11.4. The molecule has 4 heterocycles. The van der Waals surface area contributed by atoms with E-state index in [-0.39, 0.29) is 0 Å².